The normalized spacial score (nSPS) is 13.9. The largest absolute Gasteiger partial charge is 0.483 e. The standard InChI is InChI=1S/C24H19F3N4O4S2/c25-24(26,27)19-3-1-2-18-20(6-8-28-22(18)19)35-14-21(32)31-10-7-15-4-5-17(12-16(15)13-31)37(33,34)30-23-29-9-11-36-23/h1-6,8-9,11-12H,7,10,13-14H2,(H,29,30). The van der Waals surface area contributed by atoms with Gasteiger partial charge in [-0.1, -0.05) is 12.1 Å². The van der Waals surface area contributed by atoms with Crippen LogP contribution in [0, 0.1) is 0 Å². The second-order valence-electron chi connectivity index (χ2n) is 8.24. The number of anilines is 1. The van der Waals surface area contributed by atoms with Crippen LogP contribution in [-0.4, -0.2) is 42.3 Å². The van der Waals surface area contributed by atoms with Crippen molar-refractivity contribution in [3.8, 4) is 5.75 Å². The van der Waals surface area contributed by atoms with Crippen LogP contribution in [0.15, 0.2) is 65.1 Å². The van der Waals surface area contributed by atoms with E-state index in [9.17, 15) is 26.4 Å². The Morgan fingerprint density at radius 2 is 1.95 bits per heavy atom. The first-order valence-electron chi connectivity index (χ1n) is 11.0. The van der Waals surface area contributed by atoms with Crippen LogP contribution in [0.2, 0.25) is 0 Å². The van der Waals surface area contributed by atoms with Gasteiger partial charge in [0.25, 0.3) is 15.9 Å². The minimum absolute atomic E-state index is 0.0516. The first-order valence-corrected chi connectivity index (χ1v) is 13.4. The molecule has 0 saturated heterocycles. The van der Waals surface area contributed by atoms with Crippen LogP contribution in [0.3, 0.4) is 0 Å². The minimum Gasteiger partial charge on any atom is -0.483 e. The van der Waals surface area contributed by atoms with Crippen LogP contribution in [0.25, 0.3) is 10.9 Å². The molecule has 192 valence electrons. The maximum absolute atomic E-state index is 13.3. The molecule has 1 amide bonds. The Kier molecular flexibility index (Phi) is 6.50. The van der Waals surface area contributed by atoms with Crippen molar-refractivity contribution in [2.24, 2.45) is 0 Å². The van der Waals surface area contributed by atoms with Gasteiger partial charge in [0.05, 0.1) is 16.0 Å². The smallest absolute Gasteiger partial charge is 0.418 e. The second-order valence-corrected chi connectivity index (χ2v) is 10.8. The highest BCUT2D eigenvalue weighted by Gasteiger charge is 2.33. The van der Waals surface area contributed by atoms with E-state index in [1.807, 2.05) is 0 Å². The van der Waals surface area contributed by atoms with Crippen molar-refractivity contribution in [1.29, 1.82) is 0 Å². The highest BCUT2D eigenvalue weighted by atomic mass is 32.2. The molecule has 2 aromatic carbocycles. The third-order valence-electron chi connectivity index (χ3n) is 5.89. The van der Waals surface area contributed by atoms with Crippen molar-refractivity contribution in [3.63, 3.8) is 0 Å². The molecule has 0 spiro atoms. The fourth-order valence-corrected chi connectivity index (χ4v) is 5.94. The zero-order valence-corrected chi connectivity index (χ0v) is 20.7. The summed E-state index contributed by atoms with van der Waals surface area (Å²) in [6.07, 6.45) is -1.36. The molecular weight excluding hydrogens is 529 g/mol. The predicted molar refractivity (Wildman–Crippen MR) is 131 cm³/mol. The lowest BCUT2D eigenvalue weighted by molar-refractivity contribution is -0.136. The number of halogens is 3. The number of thiazole rings is 1. The summed E-state index contributed by atoms with van der Waals surface area (Å²) in [5, 5.41) is 2.05. The van der Waals surface area contributed by atoms with E-state index in [1.165, 1.54) is 47.6 Å². The number of fused-ring (bicyclic) bond motifs is 2. The summed E-state index contributed by atoms with van der Waals surface area (Å²) >= 11 is 1.16. The van der Waals surface area contributed by atoms with E-state index < -0.39 is 28.4 Å². The number of aromatic nitrogens is 2. The zero-order valence-electron chi connectivity index (χ0n) is 19.0. The number of benzene rings is 2. The number of alkyl halides is 3. The number of pyridine rings is 1. The van der Waals surface area contributed by atoms with Gasteiger partial charge in [0, 0.05) is 36.2 Å². The van der Waals surface area contributed by atoms with Crippen LogP contribution >= 0.6 is 11.3 Å². The SMILES string of the molecule is O=C(COc1ccnc2c(C(F)(F)F)cccc12)N1CCc2ccc(S(=O)(=O)Nc3nccs3)cc2C1. The van der Waals surface area contributed by atoms with E-state index in [0.717, 1.165) is 23.0 Å². The third-order valence-corrected chi connectivity index (χ3v) is 8.05. The molecule has 2 aromatic heterocycles. The highest BCUT2D eigenvalue weighted by Crippen LogP contribution is 2.36. The van der Waals surface area contributed by atoms with Crippen molar-refractivity contribution < 1.29 is 31.1 Å². The molecule has 1 aliphatic heterocycles. The molecule has 3 heterocycles. The van der Waals surface area contributed by atoms with Gasteiger partial charge in [-0.3, -0.25) is 14.5 Å². The molecule has 8 nitrogen and oxygen atoms in total. The van der Waals surface area contributed by atoms with Gasteiger partial charge in [0.2, 0.25) is 0 Å². The molecule has 1 N–H and O–H groups in total. The number of carbonyl (C=O) groups is 1. The van der Waals surface area contributed by atoms with Crippen LogP contribution in [0.1, 0.15) is 16.7 Å². The van der Waals surface area contributed by atoms with Crippen molar-refractivity contribution in [1.82, 2.24) is 14.9 Å². The first-order chi connectivity index (χ1) is 17.6. The monoisotopic (exact) mass is 548 g/mol. The summed E-state index contributed by atoms with van der Waals surface area (Å²) in [4.78, 5) is 22.3. The van der Waals surface area contributed by atoms with E-state index in [-0.39, 0.29) is 39.1 Å². The second kappa shape index (κ2) is 9.63. The number of nitrogens with one attached hydrogen (secondary N) is 1. The number of sulfonamides is 1. The van der Waals surface area contributed by atoms with E-state index in [1.54, 1.807) is 11.4 Å². The van der Waals surface area contributed by atoms with E-state index in [4.69, 9.17) is 4.74 Å². The van der Waals surface area contributed by atoms with Gasteiger partial charge in [-0.25, -0.2) is 13.4 Å². The summed E-state index contributed by atoms with van der Waals surface area (Å²) in [5.74, 6) is -0.264. The molecule has 0 unspecified atom stereocenters. The molecular formula is C24H19F3N4O4S2. The third kappa shape index (κ3) is 5.23. The molecule has 0 saturated carbocycles. The molecule has 37 heavy (non-hydrogen) atoms. The average Bonchev–Trinajstić information content (AvgIpc) is 3.38. The van der Waals surface area contributed by atoms with Crippen molar-refractivity contribution >= 4 is 43.3 Å². The Morgan fingerprint density at radius 1 is 1.11 bits per heavy atom. The molecule has 13 heteroatoms. The average molecular weight is 549 g/mol. The van der Waals surface area contributed by atoms with E-state index in [0.29, 0.717) is 18.5 Å². The quantitative estimate of drug-likeness (QED) is 0.382. The van der Waals surface area contributed by atoms with Crippen LogP contribution in [-0.2, 0) is 34.0 Å². The maximum atomic E-state index is 13.3. The Hall–Kier alpha value is -3.71. The molecule has 0 atom stereocenters. The Morgan fingerprint density at radius 3 is 2.70 bits per heavy atom. The molecule has 5 rings (SSSR count). The van der Waals surface area contributed by atoms with Gasteiger partial charge in [0.15, 0.2) is 11.7 Å². The molecule has 1 aliphatic rings. The summed E-state index contributed by atoms with van der Waals surface area (Å²) < 4.78 is 73.5. The topological polar surface area (TPSA) is 101 Å². The van der Waals surface area contributed by atoms with Gasteiger partial charge >= 0.3 is 6.18 Å². The lowest BCUT2D eigenvalue weighted by atomic mass is 10.00. The van der Waals surface area contributed by atoms with Gasteiger partial charge in [-0.15, -0.1) is 11.3 Å². The predicted octanol–water partition coefficient (Wildman–Crippen LogP) is 4.47. The van der Waals surface area contributed by atoms with Gasteiger partial charge in [0.1, 0.15) is 5.75 Å². The Labute approximate surface area is 213 Å². The Balaban J connectivity index is 1.30. The van der Waals surface area contributed by atoms with E-state index >= 15 is 0 Å². The van der Waals surface area contributed by atoms with Gasteiger partial charge in [-0.2, -0.15) is 13.2 Å². The zero-order chi connectivity index (χ0) is 26.2. The van der Waals surface area contributed by atoms with Gasteiger partial charge in [-0.05, 0) is 47.9 Å². The lowest BCUT2D eigenvalue weighted by Gasteiger charge is -2.29. The van der Waals surface area contributed by atoms with Crippen molar-refractivity contribution in [2.45, 2.75) is 24.0 Å². The lowest BCUT2D eigenvalue weighted by Crippen LogP contribution is -2.39. The van der Waals surface area contributed by atoms with E-state index in [2.05, 4.69) is 14.7 Å². The number of para-hydroxylation sites is 1. The minimum atomic E-state index is -4.58. The van der Waals surface area contributed by atoms with Crippen molar-refractivity contribution in [2.75, 3.05) is 17.9 Å². The Bertz CT molecular complexity index is 1570. The first kappa shape index (κ1) is 25.0. The maximum Gasteiger partial charge on any atom is 0.418 e. The molecule has 0 bridgehead atoms. The summed E-state index contributed by atoms with van der Waals surface area (Å²) in [6, 6.07) is 9.84. The number of rotatable bonds is 6. The van der Waals surface area contributed by atoms with Gasteiger partial charge < -0.3 is 9.64 Å². The molecule has 0 radical (unpaired) electrons. The summed E-state index contributed by atoms with van der Waals surface area (Å²) in [6.45, 7) is 0.176. The van der Waals surface area contributed by atoms with Crippen molar-refractivity contribution in [3.05, 3.63) is 76.9 Å². The number of amides is 1. The molecule has 0 aliphatic carbocycles. The molecule has 4 aromatic rings. The summed E-state index contributed by atoms with van der Waals surface area (Å²) in [5.41, 5.74) is 0.472. The van der Waals surface area contributed by atoms with Crippen LogP contribution in [0.5, 0.6) is 5.75 Å². The highest BCUT2D eigenvalue weighted by molar-refractivity contribution is 7.93. The van der Waals surface area contributed by atoms with Crippen LogP contribution in [0.4, 0.5) is 18.3 Å². The number of hydrogen-bond acceptors (Lipinski definition) is 7. The fraction of sp³-hybridized carbons (Fsp3) is 0.208. The fourth-order valence-electron chi connectivity index (χ4n) is 4.10. The summed E-state index contributed by atoms with van der Waals surface area (Å²) in [7, 11) is -3.85. The number of carbonyl (C=O) groups excluding carboxylic acids is 1. The number of nitrogens with zero attached hydrogens (tertiary/aromatic N) is 3. The number of ether oxygens (including phenoxy) is 1. The van der Waals surface area contributed by atoms with Crippen LogP contribution < -0.4 is 9.46 Å². The molecule has 0 fully saturated rings. The number of hydrogen-bond donors (Lipinski definition) is 1.